The van der Waals surface area contributed by atoms with Crippen LogP contribution in [0.5, 0.6) is 0 Å². The number of sulfone groups is 1. The molecule has 0 amide bonds. The highest BCUT2D eigenvalue weighted by atomic mass is 32.2. The Morgan fingerprint density at radius 2 is 1.94 bits per heavy atom. The van der Waals surface area contributed by atoms with E-state index in [0.29, 0.717) is 6.42 Å². The van der Waals surface area contributed by atoms with Crippen molar-refractivity contribution in [3.05, 3.63) is 11.2 Å². The smallest absolute Gasteiger partial charge is 0.302 e. The van der Waals surface area contributed by atoms with E-state index in [1.807, 2.05) is 6.92 Å². The molecule has 0 radical (unpaired) electrons. The lowest BCUT2D eigenvalue weighted by Crippen LogP contribution is -2.08. The SMILES string of the molecule is CCCCCCS(=O)(=O)/C(F)=C\COC(C)=O. The molecule has 0 fully saturated rings. The first-order valence-electron chi connectivity index (χ1n) is 5.62. The summed E-state index contributed by atoms with van der Waals surface area (Å²) in [6, 6.07) is 0. The number of hydrogen-bond acceptors (Lipinski definition) is 4. The molecule has 100 valence electrons. The van der Waals surface area contributed by atoms with E-state index in [9.17, 15) is 17.6 Å². The summed E-state index contributed by atoms with van der Waals surface area (Å²) in [6.07, 6.45) is 3.92. The van der Waals surface area contributed by atoms with E-state index in [1.54, 1.807) is 0 Å². The molecule has 6 heteroatoms. The van der Waals surface area contributed by atoms with Gasteiger partial charge in [0.25, 0.3) is 0 Å². The summed E-state index contributed by atoms with van der Waals surface area (Å²) in [6.45, 7) is 2.83. The van der Waals surface area contributed by atoms with Gasteiger partial charge in [0.2, 0.25) is 15.0 Å². The molecule has 17 heavy (non-hydrogen) atoms. The van der Waals surface area contributed by atoms with Crippen LogP contribution in [0, 0.1) is 0 Å². The van der Waals surface area contributed by atoms with Crippen LogP contribution in [0.2, 0.25) is 0 Å². The molecular formula is C11H19FO4S. The topological polar surface area (TPSA) is 60.4 Å². The number of carbonyl (C=O) groups is 1. The third-order valence-corrected chi connectivity index (χ3v) is 3.68. The molecule has 0 atom stereocenters. The zero-order valence-electron chi connectivity index (χ0n) is 10.2. The number of ether oxygens (including phenoxy) is 1. The normalized spacial score (nSPS) is 12.5. The van der Waals surface area contributed by atoms with Crippen molar-refractivity contribution in [3.8, 4) is 0 Å². The quantitative estimate of drug-likeness (QED) is 0.500. The molecule has 0 rings (SSSR count). The lowest BCUT2D eigenvalue weighted by Gasteiger charge is -2.02. The highest BCUT2D eigenvalue weighted by Gasteiger charge is 2.16. The van der Waals surface area contributed by atoms with Crippen molar-refractivity contribution in [2.45, 2.75) is 39.5 Å². The summed E-state index contributed by atoms with van der Waals surface area (Å²) in [5, 5.41) is -1.21. The summed E-state index contributed by atoms with van der Waals surface area (Å²) < 4.78 is 40.4. The monoisotopic (exact) mass is 266 g/mol. The average molecular weight is 266 g/mol. The number of rotatable bonds is 8. The number of halogens is 1. The van der Waals surface area contributed by atoms with E-state index >= 15 is 0 Å². The molecular weight excluding hydrogens is 247 g/mol. The first-order valence-corrected chi connectivity index (χ1v) is 7.27. The van der Waals surface area contributed by atoms with Crippen molar-refractivity contribution >= 4 is 15.8 Å². The van der Waals surface area contributed by atoms with E-state index in [0.717, 1.165) is 25.3 Å². The van der Waals surface area contributed by atoms with Gasteiger partial charge in [-0.15, -0.1) is 0 Å². The fourth-order valence-corrected chi connectivity index (χ4v) is 2.27. The lowest BCUT2D eigenvalue weighted by molar-refractivity contribution is -0.139. The van der Waals surface area contributed by atoms with Gasteiger partial charge in [-0.05, 0) is 6.42 Å². The zero-order chi connectivity index (χ0) is 13.3. The Balaban J connectivity index is 4.15. The van der Waals surface area contributed by atoms with Gasteiger partial charge < -0.3 is 4.74 Å². The third-order valence-electron chi connectivity index (χ3n) is 2.09. The first-order chi connectivity index (χ1) is 7.90. The maximum atomic E-state index is 13.2. The second-order valence-corrected chi connectivity index (χ2v) is 5.72. The van der Waals surface area contributed by atoms with Gasteiger partial charge in [0, 0.05) is 13.0 Å². The van der Waals surface area contributed by atoms with Crippen LogP contribution >= 0.6 is 0 Å². The fourth-order valence-electron chi connectivity index (χ4n) is 1.17. The van der Waals surface area contributed by atoms with Gasteiger partial charge in [0.1, 0.15) is 6.61 Å². The Morgan fingerprint density at radius 1 is 1.29 bits per heavy atom. The maximum absolute atomic E-state index is 13.2. The second kappa shape index (κ2) is 8.22. The van der Waals surface area contributed by atoms with Crippen molar-refractivity contribution in [3.63, 3.8) is 0 Å². The standard InChI is InChI=1S/C11H19FO4S/c1-3-4-5-6-9-17(14,15)11(12)7-8-16-10(2)13/h7H,3-6,8-9H2,1-2H3/b11-7-. The minimum atomic E-state index is -3.84. The van der Waals surface area contributed by atoms with Crippen LogP contribution in [0.1, 0.15) is 39.5 Å². The summed E-state index contributed by atoms with van der Waals surface area (Å²) in [5.41, 5.74) is 0. The van der Waals surface area contributed by atoms with E-state index in [-0.39, 0.29) is 12.4 Å². The molecule has 0 saturated carbocycles. The lowest BCUT2D eigenvalue weighted by atomic mass is 10.2. The van der Waals surface area contributed by atoms with Crippen molar-refractivity contribution in [1.29, 1.82) is 0 Å². The van der Waals surface area contributed by atoms with Gasteiger partial charge in [-0.1, -0.05) is 26.2 Å². The molecule has 0 heterocycles. The summed E-state index contributed by atoms with van der Waals surface area (Å²) >= 11 is 0. The number of unbranched alkanes of at least 4 members (excludes halogenated alkanes) is 3. The fraction of sp³-hybridized carbons (Fsp3) is 0.727. The molecule has 0 unspecified atom stereocenters. The van der Waals surface area contributed by atoms with Crippen LogP contribution in [-0.2, 0) is 19.4 Å². The molecule has 0 bridgehead atoms. The average Bonchev–Trinajstić information content (AvgIpc) is 2.23. The van der Waals surface area contributed by atoms with Gasteiger partial charge >= 0.3 is 5.97 Å². The van der Waals surface area contributed by atoms with Crippen LogP contribution < -0.4 is 0 Å². The first kappa shape index (κ1) is 16.1. The summed E-state index contributed by atoms with van der Waals surface area (Å²) in [5.74, 6) is -0.774. The zero-order valence-corrected chi connectivity index (χ0v) is 11.1. The molecule has 0 aromatic carbocycles. The second-order valence-electron chi connectivity index (χ2n) is 3.69. The van der Waals surface area contributed by atoms with E-state index < -0.39 is 21.0 Å². The predicted molar refractivity (Wildman–Crippen MR) is 63.8 cm³/mol. The molecule has 0 aliphatic carbocycles. The predicted octanol–water partition coefficient (Wildman–Crippen LogP) is 2.36. The van der Waals surface area contributed by atoms with Crippen molar-refractivity contribution in [2.75, 3.05) is 12.4 Å². The van der Waals surface area contributed by atoms with Crippen LogP contribution in [0.4, 0.5) is 4.39 Å². The van der Waals surface area contributed by atoms with Crippen LogP contribution in [-0.4, -0.2) is 26.7 Å². The Bertz CT molecular complexity index is 360. The van der Waals surface area contributed by atoms with Crippen LogP contribution in [0.15, 0.2) is 11.2 Å². The molecule has 0 aliphatic rings. The Hall–Kier alpha value is -0.910. The number of carbonyl (C=O) groups excluding carboxylic acids is 1. The van der Waals surface area contributed by atoms with Crippen LogP contribution in [0.3, 0.4) is 0 Å². The van der Waals surface area contributed by atoms with E-state index in [4.69, 9.17) is 0 Å². The summed E-state index contributed by atoms with van der Waals surface area (Å²) in [4.78, 5) is 10.4. The van der Waals surface area contributed by atoms with Crippen molar-refractivity contribution in [1.82, 2.24) is 0 Å². The largest absolute Gasteiger partial charge is 0.461 e. The van der Waals surface area contributed by atoms with Gasteiger partial charge in [-0.2, -0.15) is 4.39 Å². The molecule has 0 aromatic rings. The Morgan fingerprint density at radius 3 is 2.47 bits per heavy atom. The highest BCUT2D eigenvalue weighted by molar-refractivity contribution is 7.95. The Kier molecular flexibility index (Phi) is 7.78. The minimum Gasteiger partial charge on any atom is -0.461 e. The minimum absolute atomic E-state index is 0.199. The molecule has 0 N–H and O–H groups in total. The molecule has 4 nitrogen and oxygen atoms in total. The molecule has 0 spiro atoms. The van der Waals surface area contributed by atoms with E-state index in [2.05, 4.69) is 4.74 Å². The van der Waals surface area contributed by atoms with Gasteiger partial charge in [0.05, 0.1) is 5.75 Å². The van der Waals surface area contributed by atoms with E-state index in [1.165, 1.54) is 6.92 Å². The highest BCUT2D eigenvalue weighted by Crippen LogP contribution is 2.12. The maximum Gasteiger partial charge on any atom is 0.302 e. The van der Waals surface area contributed by atoms with Crippen molar-refractivity contribution in [2.24, 2.45) is 0 Å². The molecule has 0 aromatic heterocycles. The Labute approximate surface area is 102 Å². The van der Waals surface area contributed by atoms with Gasteiger partial charge in [0.15, 0.2) is 0 Å². The third kappa shape index (κ3) is 7.90. The number of hydrogen-bond donors (Lipinski definition) is 0. The summed E-state index contributed by atoms with van der Waals surface area (Å²) in [7, 11) is -3.84. The van der Waals surface area contributed by atoms with Crippen molar-refractivity contribution < 1.29 is 22.3 Å². The molecule has 0 saturated heterocycles. The molecule has 0 aliphatic heterocycles. The van der Waals surface area contributed by atoms with Crippen LogP contribution in [0.25, 0.3) is 0 Å². The van der Waals surface area contributed by atoms with Gasteiger partial charge in [-0.25, -0.2) is 8.42 Å². The number of esters is 1. The van der Waals surface area contributed by atoms with Gasteiger partial charge in [-0.3, -0.25) is 4.79 Å².